The van der Waals surface area contributed by atoms with E-state index in [2.05, 4.69) is 15.3 Å². The van der Waals surface area contributed by atoms with E-state index in [1.54, 1.807) is 29.4 Å². The number of ether oxygens (including phenoxy) is 2. The molecule has 1 unspecified atom stereocenters. The number of carbonyl (C=O) groups is 2. The Morgan fingerprint density at radius 1 is 1.23 bits per heavy atom. The zero-order valence-corrected chi connectivity index (χ0v) is 17.3. The first-order valence-corrected chi connectivity index (χ1v) is 10.1. The van der Waals surface area contributed by atoms with E-state index >= 15 is 0 Å². The van der Waals surface area contributed by atoms with Crippen molar-refractivity contribution in [1.82, 2.24) is 20.2 Å². The highest BCUT2D eigenvalue weighted by atomic mass is 16.5. The number of amides is 2. The smallest absolute Gasteiger partial charge is 0.259 e. The molecule has 1 atom stereocenters. The van der Waals surface area contributed by atoms with Gasteiger partial charge in [-0.3, -0.25) is 14.6 Å². The van der Waals surface area contributed by atoms with Gasteiger partial charge < -0.3 is 19.7 Å². The largest absolute Gasteiger partial charge is 0.481 e. The van der Waals surface area contributed by atoms with Crippen LogP contribution >= 0.6 is 0 Å². The highest BCUT2D eigenvalue weighted by molar-refractivity contribution is 5.97. The van der Waals surface area contributed by atoms with Gasteiger partial charge in [0.15, 0.2) is 0 Å². The van der Waals surface area contributed by atoms with Gasteiger partial charge in [-0.2, -0.15) is 4.98 Å². The molecule has 1 saturated heterocycles. The number of rotatable bonds is 6. The summed E-state index contributed by atoms with van der Waals surface area (Å²) >= 11 is 0. The van der Waals surface area contributed by atoms with Crippen molar-refractivity contribution in [2.45, 2.75) is 25.8 Å². The fraction of sp³-hybridized carbons (Fsp3) is 0.455. The quantitative estimate of drug-likeness (QED) is 0.783. The Bertz CT molecular complexity index is 930. The lowest BCUT2D eigenvalue weighted by Gasteiger charge is -2.41. The third-order valence-corrected chi connectivity index (χ3v) is 6.26. The standard InChI is InChI=1S/C22H26N4O4/c1-29-18-7-6-16(20(25-18)30-2)21(28)26-13-17(22(14-26)8-4-9-22)19(27)24-12-15-5-3-10-23-11-15/h3,5-7,10-11,17H,4,8-9,12-14H2,1-2H3,(H,24,27). The molecule has 1 N–H and O–H groups in total. The van der Waals surface area contributed by atoms with Crippen LogP contribution in [0.25, 0.3) is 0 Å². The molecule has 4 rings (SSSR count). The molecule has 2 aromatic rings. The van der Waals surface area contributed by atoms with Gasteiger partial charge in [-0.25, -0.2) is 0 Å². The number of hydrogen-bond acceptors (Lipinski definition) is 6. The predicted molar refractivity (Wildman–Crippen MR) is 109 cm³/mol. The van der Waals surface area contributed by atoms with Crippen LogP contribution in [0.3, 0.4) is 0 Å². The second-order valence-electron chi connectivity index (χ2n) is 7.94. The van der Waals surface area contributed by atoms with Crippen LogP contribution in [0.5, 0.6) is 11.8 Å². The lowest BCUT2D eigenvalue weighted by molar-refractivity contribution is -0.129. The molecular formula is C22H26N4O4. The first-order valence-electron chi connectivity index (χ1n) is 10.1. The maximum absolute atomic E-state index is 13.2. The Kier molecular flexibility index (Phi) is 5.57. The molecule has 0 aromatic carbocycles. The van der Waals surface area contributed by atoms with E-state index in [1.165, 1.54) is 14.2 Å². The van der Waals surface area contributed by atoms with Gasteiger partial charge in [-0.15, -0.1) is 0 Å². The number of pyridine rings is 2. The van der Waals surface area contributed by atoms with E-state index < -0.39 is 0 Å². The molecular weight excluding hydrogens is 384 g/mol. The fourth-order valence-electron chi connectivity index (χ4n) is 4.46. The monoisotopic (exact) mass is 410 g/mol. The first kappa shape index (κ1) is 20.1. The summed E-state index contributed by atoms with van der Waals surface area (Å²) in [4.78, 5) is 36.3. The number of nitrogens with one attached hydrogen (secondary N) is 1. The van der Waals surface area contributed by atoms with Gasteiger partial charge in [0, 0.05) is 43.5 Å². The summed E-state index contributed by atoms with van der Waals surface area (Å²) in [6.07, 6.45) is 6.45. The first-order chi connectivity index (χ1) is 14.6. The van der Waals surface area contributed by atoms with Crippen molar-refractivity contribution >= 4 is 11.8 Å². The second kappa shape index (κ2) is 8.30. The molecule has 1 aliphatic carbocycles. The summed E-state index contributed by atoms with van der Waals surface area (Å²) in [5.41, 5.74) is 1.19. The molecule has 3 heterocycles. The molecule has 2 amide bonds. The Morgan fingerprint density at radius 3 is 2.70 bits per heavy atom. The topological polar surface area (TPSA) is 93.7 Å². The zero-order chi connectivity index (χ0) is 21.1. The molecule has 158 valence electrons. The van der Waals surface area contributed by atoms with Crippen LogP contribution in [-0.4, -0.2) is 54.0 Å². The molecule has 8 nitrogen and oxygen atoms in total. The van der Waals surface area contributed by atoms with Crippen LogP contribution in [0.1, 0.15) is 35.2 Å². The zero-order valence-electron chi connectivity index (χ0n) is 17.3. The maximum Gasteiger partial charge on any atom is 0.259 e. The van der Waals surface area contributed by atoms with E-state index in [-0.39, 0.29) is 29.0 Å². The number of nitrogens with zero attached hydrogens (tertiary/aromatic N) is 3. The van der Waals surface area contributed by atoms with Crippen molar-refractivity contribution < 1.29 is 19.1 Å². The third-order valence-electron chi connectivity index (χ3n) is 6.26. The molecule has 2 fully saturated rings. The van der Waals surface area contributed by atoms with Gasteiger partial charge in [0.05, 0.1) is 20.1 Å². The summed E-state index contributed by atoms with van der Waals surface area (Å²) in [5, 5.41) is 3.03. The Balaban J connectivity index is 1.49. The van der Waals surface area contributed by atoms with E-state index in [1.807, 2.05) is 12.1 Å². The fourth-order valence-corrected chi connectivity index (χ4v) is 4.46. The van der Waals surface area contributed by atoms with Crippen LogP contribution in [0.2, 0.25) is 0 Å². The minimum absolute atomic E-state index is 0.00586. The molecule has 1 saturated carbocycles. The van der Waals surface area contributed by atoms with Crippen LogP contribution in [0.4, 0.5) is 0 Å². The molecule has 30 heavy (non-hydrogen) atoms. The van der Waals surface area contributed by atoms with Crippen molar-refractivity contribution in [1.29, 1.82) is 0 Å². The predicted octanol–water partition coefficient (Wildman–Crippen LogP) is 2.05. The summed E-state index contributed by atoms with van der Waals surface area (Å²) < 4.78 is 10.4. The van der Waals surface area contributed by atoms with E-state index in [4.69, 9.17) is 9.47 Å². The summed E-state index contributed by atoms with van der Waals surface area (Å²) in [6.45, 7) is 1.41. The average Bonchev–Trinajstić information content (AvgIpc) is 3.19. The van der Waals surface area contributed by atoms with Crippen molar-refractivity contribution in [3.8, 4) is 11.8 Å². The molecule has 1 aliphatic heterocycles. The molecule has 0 radical (unpaired) electrons. The number of hydrogen-bond donors (Lipinski definition) is 1. The number of likely N-dealkylation sites (tertiary alicyclic amines) is 1. The SMILES string of the molecule is COc1ccc(C(=O)N2CC(C(=O)NCc3cccnc3)C3(CCC3)C2)c(OC)n1. The molecule has 8 heteroatoms. The third kappa shape index (κ3) is 3.69. The van der Waals surface area contributed by atoms with Crippen molar-refractivity contribution in [3.05, 3.63) is 47.8 Å². The van der Waals surface area contributed by atoms with Gasteiger partial charge in [-0.1, -0.05) is 12.5 Å². The second-order valence-corrected chi connectivity index (χ2v) is 7.94. The molecule has 2 aliphatic rings. The van der Waals surface area contributed by atoms with Gasteiger partial charge >= 0.3 is 0 Å². The highest BCUT2D eigenvalue weighted by Crippen LogP contribution is 2.52. The van der Waals surface area contributed by atoms with Gasteiger partial charge in [0.25, 0.3) is 5.91 Å². The lowest BCUT2D eigenvalue weighted by atomic mass is 9.62. The number of carbonyl (C=O) groups excluding carboxylic acids is 2. The minimum Gasteiger partial charge on any atom is -0.481 e. The Morgan fingerprint density at radius 2 is 2.07 bits per heavy atom. The maximum atomic E-state index is 13.2. The molecule has 2 aromatic heterocycles. The Labute approximate surface area is 175 Å². The van der Waals surface area contributed by atoms with E-state index in [9.17, 15) is 9.59 Å². The van der Waals surface area contributed by atoms with Crippen molar-refractivity contribution in [3.63, 3.8) is 0 Å². The van der Waals surface area contributed by atoms with E-state index in [0.29, 0.717) is 31.1 Å². The molecule has 1 spiro atoms. The van der Waals surface area contributed by atoms with Crippen LogP contribution in [0, 0.1) is 11.3 Å². The molecule has 0 bridgehead atoms. The van der Waals surface area contributed by atoms with Crippen molar-refractivity contribution in [2.75, 3.05) is 27.3 Å². The van der Waals surface area contributed by atoms with Crippen LogP contribution in [0.15, 0.2) is 36.7 Å². The minimum atomic E-state index is -0.218. The Hall–Kier alpha value is -3.16. The summed E-state index contributed by atoms with van der Waals surface area (Å²) in [5.74, 6) is 0.216. The van der Waals surface area contributed by atoms with Gasteiger partial charge in [0.1, 0.15) is 5.56 Å². The van der Waals surface area contributed by atoms with Gasteiger partial charge in [0.2, 0.25) is 17.7 Å². The number of aromatic nitrogens is 2. The van der Waals surface area contributed by atoms with E-state index in [0.717, 1.165) is 24.8 Å². The van der Waals surface area contributed by atoms with Crippen LogP contribution < -0.4 is 14.8 Å². The summed E-state index contributed by atoms with van der Waals surface area (Å²) in [6, 6.07) is 7.08. The average molecular weight is 410 g/mol. The lowest BCUT2D eigenvalue weighted by Crippen LogP contribution is -2.45. The normalized spacial score (nSPS) is 19.3. The number of methoxy groups -OCH3 is 2. The van der Waals surface area contributed by atoms with Crippen LogP contribution in [-0.2, 0) is 11.3 Å². The van der Waals surface area contributed by atoms with Crippen molar-refractivity contribution in [2.24, 2.45) is 11.3 Å². The highest BCUT2D eigenvalue weighted by Gasteiger charge is 2.54. The summed E-state index contributed by atoms with van der Waals surface area (Å²) in [7, 11) is 2.99. The van der Waals surface area contributed by atoms with Gasteiger partial charge in [-0.05, 0) is 30.5 Å².